The predicted molar refractivity (Wildman–Crippen MR) is 120 cm³/mol. The van der Waals surface area contributed by atoms with Crippen molar-refractivity contribution in [3.05, 3.63) is 80.7 Å². The molecule has 0 radical (unpaired) electrons. The van der Waals surface area contributed by atoms with Crippen LogP contribution in [0.5, 0.6) is 0 Å². The van der Waals surface area contributed by atoms with Crippen molar-refractivity contribution < 1.29 is 4.79 Å². The molecule has 6 nitrogen and oxygen atoms in total. The van der Waals surface area contributed by atoms with Crippen molar-refractivity contribution in [1.82, 2.24) is 14.5 Å². The largest absolute Gasteiger partial charge is 0.310 e. The minimum absolute atomic E-state index is 0.123. The van der Waals surface area contributed by atoms with Crippen LogP contribution in [0.25, 0.3) is 0 Å². The highest BCUT2D eigenvalue weighted by Crippen LogP contribution is 2.19. The first-order valence-electron chi connectivity index (χ1n) is 10.3. The van der Waals surface area contributed by atoms with Gasteiger partial charge in [0.2, 0.25) is 0 Å². The van der Waals surface area contributed by atoms with E-state index in [1.165, 1.54) is 30.6 Å². The fraction of sp³-hybridized carbons (Fsp3) is 0.348. The van der Waals surface area contributed by atoms with Gasteiger partial charge in [-0.25, -0.2) is 4.98 Å². The summed E-state index contributed by atoms with van der Waals surface area (Å²) in [5.41, 5.74) is 2.94. The van der Waals surface area contributed by atoms with Gasteiger partial charge in [0.15, 0.2) is 5.13 Å². The number of likely N-dealkylation sites (tertiary alicyclic amines) is 1. The number of amides is 1. The van der Waals surface area contributed by atoms with Gasteiger partial charge < -0.3 is 4.57 Å². The third-order valence-corrected chi connectivity index (χ3v) is 6.11. The van der Waals surface area contributed by atoms with Crippen LogP contribution in [0.15, 0.2) is 52.8 Å². The van der Waals surface area contributed by atoms with Crippen LogP contribution in [0.1, 0.15) is 46.4 Å². The molecule has 0 unspecified atom stereocenters. The SMILES string of the molecule is Cc1cccc(Cn2cccc(C(=O)Nc3nc(CN4CCCCC4)cs3)c2=O)c1. The van der Waals surface area contributed by atoms with E-state index in [1.54, 1.807) is 22.9 Å². The lowest BCUT2D eigenvalue weighted by molar-refractivity contribution is 0.102. The number of benzene rings is 1. The van der Waals surface area contributed by atoms with Crippen molar-refractivity contribution in [3.8, 4) is 0 Å². The van der Waals surface area contributed by atoms with E-state index in [-0.39, 0.29) is 11.1 Å². The van der Waals surface area contributed by atoms with E-state index in [4.69, 9.17) is 0 Å². The van der Waals surface area contributed by atoms with Gasteiger partial charge >= 0.3 is 0 Å². The summed E-state index contributed by atoms with van der Waals surface area (Å²) < 4.78 is 1.56. The number of aromatic nitrogens is 2. The fourth-order valence-corrected chi connectivity index (χ4v) is 4.49. The van der Waals surface area contributed by atoms with Gasteiger partial charge in [0.05, 0.1) is 12.2 Å². The van der Waals surface area contributed by atoms with Gasteiger partial charge in [0.1, 0.15) is 5.56 Å². The van der Waals surface area contributed by atoms with Crippen molar-refractivity contribution in [2.75, 3.05) is 18.4 Å². The summed E-state index contributed by atoms with van der Waals surface area (Å²) >= 11 is 1.40. The summed E-state index contributed by atoms with van der Waals surface area (Å²) in [6.07, 6.45) is 5.47. The number of carbonyl (C=O) groups is 1. The molecule has 0 spiro atoms. The molecule has 1 aliphatic rings. The summed E-state index contributed by atoms with van der Waals surface area (Å²) in [5.74, 6) is -0.419. The van der Waals surface area contributed by atoms with Crippen molar-refractivity contribution in [1.29, 1.82) is 0 Å². The van der Waals surface area contributed by atoms with Crippen molar-refractivity contribution in [2.24, 2.45) is 0 Å². The first kappa shape index (κ1) is 20.5. The Bertz CT molecular complexity index is 1080. The molecule has 4 rings (SSSR count). The number of piperidine rings is 1. The second-order valence-electron chi connectivity index (χ2n) is 7.78. The molecule has 2 aromatic heterocycles. The zero-order chi connectivity index (χ0) is 20.9. The van der Waals surface area contributed by atoms with Crippen LogP contribution < -0.4 is 10.9 Å². The molecule has 1 aromatic carbocycles. The maximum absolute atomic E-state index is 12.8. The van der Waals surface area contributed by atoms with Gasteiger partial charge in [-0.05, 0) is 50.6 Å². The van der Waals surface area contributed by atoms with E-state index >= 15 is 0 Å². The van der Waals surface area contributed by atoms with E-state index in [9.17, 15) is 9.59 Å². The molecule has 0 bridgehead atoms. The van der Waals surface area contributed by atoms with Crippen molar-refractivity contribution >= 4 is 22.4 Å². The predicted octanol–water partition coefficient (Wildman–Crippen LogP) is 3.90. The minimum atomic E-state index is -0.419. The fourth-order valence-electron chi connectivity index (χ4n) is 3.79. The average Bonchev–Trinajstić information content (AvgIpc) is 3.17. The zero-order valence-corrected chi connectivity index (χ0v) is 18.0. The topological polar surface area (TPSA) is 67.2 Å². The molecule has 0 aliphatic carbocycles. The number of thiazole rings is 1. The first-order valence-corrected chi connectivity index (χ1v) is 11.2. The third-order valence-electron chi connectivity index (χ3n) is 5.31. The standard InChI is InChI=1S/C23H26N4O2S/c1-17-7-5-8-18(13-17)14-27-12-6-9-20(22(27)29)21(28)25-23-24-19(16-30-23)15-26-10-3-2-4-11-26/h5-9,12-13,16H,2-4,10-11,14-15H2,1H3,(H,24,25,28). The second-order valence-corrected chi connectivity index (χ2v) is 8.64. The Morgan fingerprint density at radius 2 is 1.97 bits per heavy atom. The van der Waals surface area contributed by atoms with Gasteiger partial charge in [-0.2, -0.15) is 0 Å². The summed E-state index contributed by atoms with van der Waals surface area (Å²) in [4.78, 5) is 32.5. The highest BCUT2D eigenvalue weighted by molar-refractivity contribution is 7.13. The van der Waals surface area contributed by atoms with Crippen LogP contribution in [0, 0.1) is 6.92 Å². The van der Waals surface area contributed by atoms with Crippen LogP contribution in [0.4, 0.5) is 5.13 Å². The molecule has 7 heteroatoms. The van der Waals surface area contributed by atoms with E-state index in [0.29, 0.717) is 11.7 Å². The average molecular weight is 423 g/mol. The minimum Gasteiger partial charge on any atom is -0.310 e. The third kappa shape index (κ3) is 5.04. The van der Waals surface area contributed by atoms with Gasteiger partial charge in [-0.15, -0.1) is 11.3 Å². The Balaban J connectivity index is 1.44. The van der Waals surface area contributed by atoms with Crippen LogP contribution in [0.3, 0.4) is 0 Å². The Morgan fingerprint density at radius 1 is 1.13 bits per heavy atom. The van der Waals surface area contributed by atoms with Crippen LogP contribution in [-0.4, -0.2) is 33.4 Å². The Hall–Kier alpha value is -2.77. The summed E-state index contributed by atoms with van der Waals surface area (Å²) in [6, 6.07) is 11.3. The molecule has 1 aliphatic heterocycles. The molecule has 156 valence electrons. The zero-order valence-electron chi connectivity index (χ0n) is 17.1. The van der Waals surface area contributed by atoms with E-state index < -0.39 is 5.91 Å². The van der Waals surface area contributed by atoms with Gasteiger partial charge in [-0.3, -0.25) is 19.8 Å². The van der Waals surface area contributed by atoms with E-state index in [0.717, 1.165) is 36.5 Å². The number of rotatable bonds is 6. The number of anilines is 1. The molecule has 1 fully saturated rings. The Labute approximate surface area is 180 Å². The molecular weight excluding hydrogens is 396 g/mol. The smallest absolute Gasteiger partial charge is 0.263 e. The molecule has 0 atom stereocenters. The maximum atomic E-state index is 12.8. The number of hydrogen-bond acceptors (Lipinski definition) is 5. The molecule has 1 N–H and O–H groups in total. The quantitative estimate of drug-likeness (QED) is 0.654. The molecule has 3 aromatic rings. The normalized spacial score (nSPS) is 14.6. The Kier molecular flexibility index (Phi) is 6.40. The maximum Gasteiger partial charge on any atom is 0.263 e. The molecule has 3 heterocycles. The molecule has 1 saturated heterocycles. The second kappa shape index (κ2) is 9.36. The van der Waals surface area contributed by atoms with Gasteiger partial charge in [0.25, 0.3) is 11.5 Å². The summed E-state index contributed by atoms with van der Waals surface area (Å²) in [7, 11) is 0. The summed E-state index contributed by atoms with van der Waals surface area (Å²) in [6.45, 7) is 5.46. The van der Waals surface area contributed by atoms with Crippen molar-refractivity contribution in [3.63, 3.8) is 0 Å². The van der Waals surface area contributed by atoms with E-state index in [1.807, 2.05) is 36.6 Å². The molecular formula is C23H26N4O2S. The summed E-state index contributed by atoms with van der Waals surface area (Å²) in [5, 5.41) is 5.30. The number of hydrogen-bond donors (Lipinski definition) is 1. The van der Waals surface area contributed by atoms with Gasteiger partial charge in [0, 0.05) is 18.1 Å². The number of nitrogens with zero attached hydrogens (tertiary/aromatic N) is 3. The number of carbonyl (C=O) groups excluding carboxylic acids is 1. The monoisotopic (exact) mass is 422 g/mol. The lowest BCUT2D eigenvalue weighted by Crippen LogP contribution is -2.29. The molecule has 1 amide bonds. The van der Waals surface area contributed by atoms with Crippen LogP contribution in [-0.2, 0) is 13.1 Å². The molecule has 0 saturated carbocycles. The molecule has 30 heavy (non-hydrogen) atoms. The first-order chi connectivity index (χ1) is 14.6. The lowest BCUT2D eigenvalue weighted by atomic mass is 10.1. The van der Waals surface area contributed by atoms with Crippen LogP contribution >= 0.6 is 11.3 Å². The van der Waals surface area contributed by atoms with Crippen molar-refractivity contribution in [2.45, 2.75) is 39.3 Å². The highest BCUT2D eigenvalue weighted by atomic mass is 32.1. The van der Waals surface area contributed by atoms with E-state index in [2.05, 4.69) is 15.2 Å². The number of pyridine rings is 1. The van der Waals surface area contributed by atoms with Gasteiger partial charge in [-0.1, -0.05) is 36.2 Å². The lowest BCUT2D eigenvalue weighted by Gasteiger charge is -2.25. The Morgan fingerprint density at radius 3 is 2.77 bits per heavy atom. The highest BCUT2D eigenvalue weighted by Gasteiger charge is 2.16. The number of nitrogens with one attached hydrogen (secondary N) is 1. The number of aryl methyl sites for hydroxylation is 1. The van der Waals surface area contributed by atoms with Crippen LogP contribution in [0.2, 0.25) is 0 Å².